The molecule has 1 aromatic rings. The maximum absolute atomic E-state index is 12.5. The van der Waals surface area contributed by atoms with Crippen LogP contribution in [-0.4, -0.2) is 26.0 Å². The fourth-order valence-corrected chi connectivity index (χ4v) is 5.30. The normalized spacial score (nSPS) is 18.3. The van der Waals surface area contributed by atoms with Crippen LogP contribution in [-0.2, 0) is 10.0 Å². The molecule has 1 aromatic carbocycles. The minimum Gasteiger partial charge on any atom is -0.398 e. The number of aryl methyl sites for hydroxylation is 1. The highest BCUT2D eigenvalue weighted by molar-refractivity contribution is 8.00. The molecule has 0 radical (unpaired) electrons. The summed E-state index contributed by atoms with van der Waals surface area (Å²) in [5, 5.41) is 0. The molecule has 0 spiro atoms. The van der Waals surface area contributed by atoms with E-state index in [0.29, 0.717) is 17.8 Å². The van der Waals surface area contributed by atoms with Crippen LogP contribution in [0.4, 0.5) is 5.69 Å². The molecule has 3 N–H and O–H groups in total. The van der Waals surface area contributed by atoms with Crippen LogP contribution in [0.5, 0.6) is 0 Å². The van der Waals surface area contributed by atoms with E-state index in [-0.39, 0.29) is 9.64 Å². The van der Waals surface area contributed by atoms with E-state index in [1.54, 1.807) is 36.9 Å². The molecule has 1 fully saturated rings. The minimum atomic E-state index is -3.55. The van der Waals surface area contributed by atoms with Crippen LogP contribution in [0.2, 0.25) is 0 Å². The number of thioether (sulfide) groups is 1. The summed E-state index contributed by atoms with van der Waals surface area (Å²) >= 11 is 1.77. The third-order valence-electron chi connectivity index (χ3n) is 4.04. The Morgan fingerprint density at radius 3 is 2.55 bits per heavy atom. The van der Waals surface area contributed by atoms with Crippen LogP contribution < -0.4 is 10.5 Å². The van der Waals surface area contributed by atoms with Gasteiger partial charge in [0.1, 0.15) is 4.90 Å². The number of nitrogens with two attached hydrogens (primary N) is 1. The Balaban J connectivity index is 2.20. The maximum Gasteiger partial charge on any atom is 0.242 e. The lowest BCUT2D eigenvalue weighted by molar-refractivity contribution is 0.551. The number of rotatable bonds is 5. The minimum absolute atomic E-state index is 0.0461. The van der Waals surface area contributed by atoms with Gasteiger partial charge in [-0.25, -0.2) is 13.1 Å². The molecule has 1 aliphatic rings. The highest BCUT2D eigenvalue weighted by Crippen LogP contribution is 2.40. The average Bonchev–Trinajstić information content (AvgIpc) is 2.85. The van der Waals surface area contributed by atoms with Gasteiger partial charge in [-0.2, -0.15) is 11.8 Å². The second kappa shape index (κ2) is 5.95. The SMILES string of the molecule is CSC1(CNS(=O)(=O)c2c(C)cccc2N)CCCC1. The van der Waals surface area contributed by atoms with Crippen LogP contribution in [0.1, 0.15) is 31.2 Å². The van der Waals surface area contributed by atoms with Crippen LogP contribution in [0, 0.1) is 6.92 Å². The summed E-state index contributed by atoms with van der Waals surface area (Å²) in [5.74, 6) is 0. The first-order chi connectivity index (χ1) is 9.40. The van der Waals surface area contributed by atoms with Crippen LogP contribution in [0.25, 0.3) is 0 Å². The largest absolute Gasteiger partial charge is 0.398 e. The van der Waals surface area contributed by atoms with Gasteiger partial charge >= 0.3 is 0 Å². The molecule has 0 unspecified atom stereocenters. The molecule has 0 saturated heterocycles. The number of hydrogen-bond donors (Lipinski definition) is 2. The Hall–Kier alpha value is -0.720. The van der Waals surface area contributed by atoms with E-state index < -0.39 is 10.0 Å². The third-order valence-corrected chi connectivity index (χ3v) is 7.08. The zero-order valence-electron chi connectivity index (χ0n) is 12.0. The second-order valence-electron chi connectivity index (χ2n) is 5.41. The summed E-state index contributed by atoms with van der Waals surface area (Å²) in [6, 6.07) is 5.16. The summed E-state index contributed by atoms with van der Waals surface area (Å²) < 4.78 is 27.8. The smallest absolute Gasteiger partial charge is 0.242 e. The monoisotopic (exact) mass is 314 g/mol. The van der Waals surface area contributed by atoms with E-state index in [1.165, 1.54) is 12.8 Å². The highest BCUT2D eigenvalue weighted by Gasteiger charge is 2.34. The van der Waals surface area contributed by atoms with E-state index in [0.717, 1.165) is 12.8 Å². The fourth-order valence-electron chi connectivity index (χ4n) is 2.81. The topological polar surface area (TPSA) is 72.2 Å². The number of nitrogen functional groups attached to an aromatic ring is 1. The standard InChI is InChI=1S/C14H22N2O2S2/c1-11-6-5-7-12(15)13(11)20(17,18)16-10-14(19-2)8-3-4-9-14/h5-7,16H,3-4,8-10,15H2,1-2H3. The van der Waals surface area contributed by atoms with E-state index in [2.05, 4.69) is 11.0 Å². The van der Waals surface area contributed by atoms with Gasteiger partial charge in [0.15, 0.2) is 0 Å². The summed E-state index contributed by atoms with van der Waals surface area (Å²) in [6.07, 6.45) is 6.55. The number of benzene rings is 1. The van der Waals surface area contributed by atoms with Crippen molar-refractivity contribution in [3.63, 3.8) is 0 Å². The van der Waals surface area contributed by atoms with E-state index >= 15 is 0 Å². The lowest BCUT2D eigenvalue weighted by Gasteiger charge is -2.27. The van der Waals surface area contributed by atoms with E-state index in [1.807, 2.05) is 0 Å². The predicted molar refractivity (Wildman–Crippen MR) is 85.5 cm³/mol. The van der Waals surface area contributed by atoms with Crippen molar-refractivity contribution in [2.24, 2.45) is 0 Å². The zero-order valence-corrected chi connectivity index (χ0v) is 13.6. The lowest BCUT2D eigenvalue weighted by Crippen LogP contribution is -2.38. The van der Waals surface area contributed by atoms with Crippen molar-refractivity contribution in [1.82, 2.24) is 4.72 Å². The van der Waals surface area contributed by atoms with Gasteiger partial charge in [0.25, 0.3) is 0 Å². The molecule has 6 heteroatoms. The Kier molecular flexibility index (Phi) is 4.66. The summed E-state index contributed by atoms with van der Waals surface area (Å²) in [5.41, 5.74) is 6.82. The number of sulfonamides is 1. The van der Waals surface area contributed by atoms with Crippen molar-refractivity contribution in [2.45, 2.75) is 42.2 Å². The van der Waals surface area contributed by atoms with Crippen LogP contribution in [0.3, 0.4) is 0 Å². The highest BCUT2D eigenvalue weighted by atomic mass is 32.2. The van der Waals surface area contributed by atoms with Gasteiger partial charge in [-0.05, 0) is 37.7 Å². The maximum atomic E-state index is 12.5. The van der Waals surface area contributed by atoms with Crippen LogP contribution in [0.15, 0.2) is 23.1 Å². The van der Waals surface area contributed by atoms with Crippen molar-refractivity contribution >= 4 is 27.5 Å². The van der Waals surface area contributed by atoms with Gasteiger partial charge in [0, 0.05) is 11.3 Å². The fraction of sp³-hybridized carbons (Fsp3) is 0.571. The van der Waals surface area contributed by atoms with Gasteiger partial charge < -0.3 is 5.73 Å². The molecule has 112 valence electrons. The lowest BCUT2D eigenvalue weighted by atomic mass is 10.1. The van der Waals surface area contributed by atoms with Crippen molar-refractivity contribution in [3.05, 3.63) is 23.8 Å². The predicted octanol–water partition coefficient (Wildman–Crippen LogP) is 2.53. The van der Waals surface area contributed by atoms with Gasteiger partial charge in [-0.3, -0.25) is 0 Å². The Labute approximate surface area is 125 Å². The van der Waals surface area contributed by atoms with Crippen molar-refractivity contribution in [1.29, 1.82) is 0 Å². The molecule has 0 aromatic heterocycles. The third kappa shape index (κ3) is 3.13. The quantitative estimate of drug-likeness (QED) is 0.819. The molecule has 0 bridgehead atoms. The Morgan fingerprint density at radius 2 is 2.00 bits per heavy atom. The molecule has 4 nitrogen and oxygen atoms in total. The first kappa shape index (κ1) is 15.7. The molecular formula is C14H22N2O2S2. The number of anilines is 1. The number of nitrogens with one attached hydrogen (secondary N) is 1. The van der Waals surface area contributed by atoms with Crippen molar-refractivity contribution in [2.75, 3.05) is 18.5 Å². The van der Waals surface area contributed by atoms with E-state index in [9.17, 15) is 8.42 Å². The Morgan fingerprint density at radius 1 is 1.35 bits per heavy atom. The van der Waals surface area contributed by atoms with Gasteiger partial charge in [0.2, 0.25) is 10.0 Å². The average molecular weight is 314 g/mol. The summed E-state index contributed by atoms with van der Waals surface area (Å²) in [7, 11) is -3.55. The van der Waals surface area contributed by atoms with Crippen molar-refractivity contribution < 1.29 is 8.42 Å². The molecule has 0 atom stereocenters. The van der Waals surface area contributed by atoms with E-state index in [4.69, 9.17) is 5.73 Å². The summed E-state index contributed by atoms with van der Waals surface area (Å²) in [6.45, 7) is 2.25. The second-order valence-corrected chi connectivity index (χ2v) is 8.39. The summed E-state index contributed by atoms with van der Waals surface area (Å²) in [4.78, 5) is 0.217. The molecule has 1 aliphatic carbocycles. The number of hydrogen-bond acceptors (Lipinski definition) is 4. The van der Waals surface area contributed by atoms with Gasteiger partial charge in [-0.1, -0.05) is 25.0 Å². The molecule has 0 aliphatic heterocycles. The molecular weight excluding hydrogens is 292 g/mol. The van der Waals surface area contributed by atoms with Gasteiger partial charge in [0.05, 0.1) is 5.69 Å². The first-order valence-corrected chi connectivity index (χ1v) is 9.51. The zero-order chi connectivity index (χ0) is 14.8. The molecule has 0 heterocycles. The molecule has 20 heavy (non-hydrogen) atoms. The molecule has 1 saturated carbocycles. The first-order valence-electron chi connectivity index (χ1n) is 6.80. The van der Waals surface area contributed by atoms with Crippen LogP contribution >= 0.6 is 11.8 Å². The Bertz CT molecular complexity index is 559. The molecule has 2 rings (SSSR count). The van der Waals surface area contributed by atoms with Gasteiger partial charge in [-0.15, -0.1) is 0 Å². The van der Waals surface area contributed by atoms with Crippen molar-refractivity contribution in [3.8, 4) is 0 Å². The molecule has 0 amide bonds.